The maximum atomic E-state index is 12.0. The zero-order valence-electron chi connectivity index (χ0n) is 11.5. The van der Waals surface area contributed by atoms with Crippen LogP contribution in [0.4, 0.5) is 5.69 Å². The summed E-state index contributed by atoms with van der Waals surface area (Å²) in [7, 11) is 0. The average Bonchev–Trinajstić information content (AvgIpc) is 3.12. The van der Waals surface area contributed by atoms with Gasteiger partial charge in [0.2, 0.25) is 0 Å². The van der Waals surface area contributed by atoms with Crippen LogP contribution in [0.3, 0.4) is 0 Å². The van der Waals surface area contributed by atoms with Gasteiger partial charge in [-0.1, -0.05) is 0 Å². The SMILES string of the molecule is O=C(Nc1ccc(OC2CCCC2)cc1)c1ccc(Br)s1. The Balaban J connectivity index is 1.60. The Labute approximate surface area is 136 Å². The van der Waals surface area contributed by atoms with Crippen LogP contribution in [-0.4, -0.2) is 12.0 Å². The molecule has 1 amide bonds. The average molecular weight is 366 g/mol. The van der Waals surface area contributed by atoms with E-state index < -0.39 is 0 Å². The highest BCUT2D eigenvalue weighted by molar-refractivity contribution is 9.11. The summed E-state index contributed by atoms with van der Waals surface area (Å²) in [5.74, 6) is 0.786. The van der Waals surface area contributed by atoms with Crippen LogP contribution < -0.4 is 10.1 Å². The number of carbonyl (C=O) groups is 1. The van der Waals surface area contributed by atoms with Crippen LogP contribution in [0.5, 0.6) is 5.75 Å². The van der Waals surface area contributed by atoms with Crippen LogP contribution in [0.15, 0.2) is 40.2 Å². The number of hydrogen-bond donors (Lipinski definition) is 1. The minimum absolute atomic E-state index is 0.0878. The summed E-state index contributed by atoms with van der Waals surface area (Å²) in [5, 5.41) is 2.89. The second-order valence-electron chi connectivity index (χ2n) is 5.11. The van der Waals surface area contributed by atoms with Crippen LogP contribution in [0.2, 0.25) is 0 Å². The van der Waals surface area contributed by atoms with Crippen molar-refractivity contribution in [2.24, 2.45) is 0 Å². The molecule has 1 heterocycles. The predicted octanol–water partition coefficient (Wildman–Crippen LogP) is 5.08. The van der Waals surface area contributed by atoms with Crippen molar-refractivity contribution < 1.29 is 9.53 Å². The normalized spacial score (nSPS) is 15.1. The minimum atomic E-state index is -0.0878. The predicted molar refractivity (Wildman–Crippen MR) is 89.3 cm³/mol. The van der Waals surface area contributed by atoms with Gasteiger partial charge in [0.1, 0.15) is 5.75 Å². The minimum Gasteiger partial charge on any atom is -0.490 e. The van der Waals surface area contributed by atoms with Gasteiger partial charge in [-0.25, -0.2) is 0 Å². The summed E-state index contributed by atoms with van der Waals surface area (Å²) in [6.45, 7) is 0. The summed E-state index contributed by atoms with van der Waals surface area (Å²) in [6, 6.07) is 11.3. The molecule has 1 fully saturated rings. The number of ether oxygens (including phenoxy) is 1. The zero-order valence-corrected chi connectivity index (χ0v) is 13.9. The van der Waals surface area contributed by atoms with E-state index in [0.29, 0.717) is 11.0 Å². The number of thiophene rings is 1. The Morgan fingerprint density at radius 2 is 1.86 bits per heavy atom. The molecule has 110 valence electrons. The van der Waals surface area contributed by atoms with Crippen LogP contribution in [-0.2, 0) is 0 Å². The van der Waals surface area contributed by atoms with E-state index in [9.17, 15) is 4.79 Å². The number of benzene rings is 1. The largest absolute Gasteiger partial charge is 0.490 e. The summed E-state index contributed by atoms with van der Waals surface area (Å²) < 4.78 is 6.86. The van der Waals surface area contributed by atoms with Crippen molar-refractivity contribution in [3.8, 4) is 5.75 Å². The van der Waals surface area contributed by atoms with E-state index in [1.165, 1.54) is 24.2 Å². The first-order chi connectivity index (χ1) is 10.2. The Bertz CT molecular complexity index is 617. The van der Waals surface area contributed by atoms with E-state index in [1.54, 1.807) is 0 Å². The highest BCUT2D eigenvalue weighted by Crippen LogP contribution is 2.26. The molecule has 1 saturated carbocycles. The number of hydrogen-bond acceptors (Lipinski definition) is 3. The first-order valence-corrected chi connectivity index (χ1v) is 8.65. The van der Waals surface area contributed by atoms with Crippen molar-refractivity contribution in [1.82, 2.24) is 0 Å². The molecule has 2 aromatic rings. The number of amides is 1. The first-order valence-electron chi connectivity index (χ1n) is 7.04. The van der Waals surface area contributed by atoms with E-state index in [1.807, 2.05) is 36.4 Å². The molecular weight excluding hydrogens is 350 g/mol. The second kappa shape index (κ2) is 6.62. The third kappa shape index (κ3) is 3.86. The number of nitrogens with one attached hydrogen (secondary N) is 1. The first kappa shape index (κ1) is 14.6. The lowest BCUT2D eigenvalue weighted by molar-refractivity contribution is 0.103. The molecule has 0 spiro atoms. The Morgan fingerprint density at radius 3 is 2.48 bits per heavy atom. The zero-order chi connectivity index (χ0) is 14.7. The van der Waals surface area contributed by atoms with Gasteiger partial charge in [-0.05, 0) is 78.0 Å². The summed E-state index contributed by atoms with van der Waals surface area (Å²) >= 11 is 4.78. The van der Waals surface area contributed by atoms with Gasteiger partial charge in [0.05, 0.1) is 14.8 Å². The van der Waals surface area contributed by atoms with Gasteiger partial charge < -0.3 is 10.1 Å². The molecule has 1 N–H and O–H groups in total. The molecule has 1 aromatic heterocycles. The van der Waals surface area contributed by atoms with Crippen LogP contribution in [0, 0.1) is 0 Å². The maximum Gasteiger partial charge on any atom is 0.265 e. The van der Waals surface area contributed by atoms with Crippen molar-refractivity contribution in [2.45, 2.75) is 31.8 Å². The fraction of sp³-hybridized carbons (Fsp3) is 0.312. The lowest BCUT2D eigenvalue weighted by atomic mass is 10.2. The quantitative estimate of drug-likeness (QED) is 0.819. The summed E-state index contributed by atoms with van der Waals surface area (Å²) in [6.07, 6.45) is 5.16. The molecule has 5 heteroatoms. The number of halogens is 1. The number of rotatable bonds is 4. The van der Waals surface area contributed by atoms with Gasteiger partial charge in [-0.2, -0.15) is 0 Å². The fourth-order valence-electron chi connectivity index (χ4n) is 2.44. The second-order valence-corrected chi connectivity index (χ2v) is 7.57. The van der Waals surface area contributed by atoms with E-state index >= 15 is 0 Å². The van der Waals surface area contributed by atoms with Gasteiger partial charge in [-0.15, -0.1) is 11.3 Å². The van der Waals surface area contributed by atoms with Crippen molar-refractivity contribution in [1.29, 1.82) is 0 Å². The van der Waals surface area contributed by atoms with Gasteiger partial charge in [0, 0.05) is 5.69 Å². The van der Waals surface area contributed by atoms with Crippen molar-refractivity contribution in [2.75, 3.05) is 5.32 Å². The van der Waals surface area contributed by atoms with Crippen LogP contribution in [0.1, 0.15) is 35.4 Å². The van der Waals surface area contributed by atoms with Crippen molar-refractivity contribution in [3.63, 3.8) is 0 Å². The monoisotopic (exact) mass is 365 g/mol. The van der Waals surface area contributed by atoms with Crippen molar-refractivity contribution >= 4 is 38.9 Å². The highest BCUT2D eigenvalue weighted by Gasteiger charge is 2.16. The van der Waals surface area contributed by atoms with Crippen molar-refractivity contribution in [3.05, 3.63) is 45.1 Å². The summed E-state index contributed by atoms with van der Waals surface area (Å²) in [5.41, 5.74) is 0.781. The smallest absolute Gasteiger partial charge is 0.265 e. The Morgan fingerprint density at radius 1 is 1.14 bits per heavy atom. The van der Waals surface area contributed by atoms with E-state index in [-0.39, 0.29) is 5.91 Å². The molecule has 1 aromatic carbocycles. The topological polar surface area (TPSA) is 38.3 Å². The van der Waals surface area contributed by atoms with E-state index in [2.05, 4.69) is 21.2 Å². The van der Waals surface area contributed by atoms with E-state index in [0.717, 1.165) is 28.1 Å². The molecule has 0 unspecified atom stereocenters. The molecule has 1 aliphatic carbocycles. The van der Waals surface area contributed by atoms with Crippen LogP contribution in [0.25, 0.3) is 0 Å². The van der Waals surface area contributed by atoms with Gasteiger partial charge in [-0.3, -0.25) is 4.79 Å². The Hall–Kier alpha value is -1.33. The molecule has 21 heavy (non-hydrogen) atoms. The maximum absolute atomic E-state index is 12.0. The lowest BCUT2D eigenvalue weighted by Gasteiger charge is -2.13. The molecule has 3 rings (SSSR count). The molecule has 0 radical (unpaired) electrons. The van der Waals surface area contributed by atoms with Crippen LogP contribution >= 0.6 is 27.3 Å². The fourth-order valence-corrected chi connectivity index (χ4v) is 3.73. The molecule has 0 saturated heterocycles. The van der Waals surface area contributed by atoms with Gasteiger partial charge >= 0.3 is 0 Å². The van der Waals surface area contributed by atoms with Gasteiger partial charge in [0.25, 0.3) is 5.91 Å². The molecule has 0 bridgehead atoms. The third-order valence-electron chi connectivity index (χ3n) is 3.51. The third-order valence-corrected chi connectivity index (χ3v) is 5.14. The molecule has 3 nitrogen and oxygen atoms in total. The molecular formula is C16H16BrNO2S. The Kier molecular flexibility index (Phi) is 4.60. The molecule has 0 aliphatic heterocycles. The summed E-state index contributed by atoms with van der Waals surface area (Å²) in [4.78, 5) is 12.7. The number of anilines is 1. The highest BCUT2D eigenvalue weighted by atomic mass is 79.9. The van der Waals surface area contributed by atoms with E-state index in [4.69, 9.17) is 4.74 Å². The standard InChI is InChI=1S/C16H16BrNO2S/c17-15-10-9-14(21-15)16(19)18-11-5-7-13(8-6-11)20-12-3-1-2-4-12/h5-10,12H,1-4H2,(H,18,19). The lowest BCUT2D eigenvalue weighted by Crippen LogP contribution is -2.11. The van der Waals surface area contributed by atoms with Gasteiger partial charge in [0.15, 0.2) is 0 Å². The number of carbonyl (C=O) groups excluding carboxylic acids is 1. The molecule has 0 atom stereocenters. The molecule has 1 aliphatic rings.